The van der Waals surface area contributed by atoms with Crippen LogP contribution in [-0.2, 0) is 11.3 Å². The number of hydrogen-bond donors (Lipinski definition) is 0. The van der Waals surface area contributed by atoms with E-state index in [1.54, 1.807) is 6.20 Å². The summed E-state index contributed by atoms with van der Waals surface area (Å²) in [6, 6.07) is 4.35. The molecule has 2 saturated heterocycles. The van der Waals surface area contributed by atoms with Crippen LogP contribution in [0.4, 0.5) is 0 Å². The second-order valence-corrected chi connectivity index (χ2v) is 8.04. The number of ether oxygens (including phenoxy) is 1. The van der Waals surface area contributed by atoms with E-state index in [4.69, 9.17) is 4.74 Å². The second-order valence-electron chi connectivity index (χ2n) is 8.04. The number of carbonyl (C=O) groups is 1. The number of imidazole rings is 1. The van der Waals surface area contributed by atoms with Gasteiger partial charge in [-0.3, -0.25) is 19.2 Å². The lowest BCUT2D eigenvalue weighted by Gasteiger charge is -2.34. The van der Waals surface area contributed by atoms with Crippen molar-refractivity contribution >= 4 is 17.8 Å². The topological polar surface area (TPSA) is 72.1 Å². The summed E-state index contributed by atoms with van der Waals surface area (Å²) in [5, 5.41) is 0. The summed E-state index contributed by atoms with van der Waals surface area (Å²) in [6.45, 7) is 3.96. The minimum absolute atomic E-state index is 0.0410. The number of aromatic nitrogens is 3. The molecule has 0 aromatic carbocycles. The van der Waals surface area contributed by atoms with Crippen LogP contribution < -0.4 is 0 Å². The fraction of sp³-hybridized carbons (Fsp3) is 0.364. The molecular formula is C22H21N5O2. The first kappa shape index (κ1) is 16.9. The van der Waals surface area contributed by atoms with E-state index < -0.39 is 0 Å². The maximum Gasteiger partial charge on any atom is 0.273 e. The fourth-order valence-electron chi connectivity index (χ4n) is 4.86. The van der Waals surface area contributed by atoms with Gasteiger partial charge in [-0.05, 0) is 31.9 Å². The van der Waals surface area contributed by atoms with Gasteiger partial charge in [0.05, 0.1) is 38.0 Å². The molecule has 0 aliphatic carbocycles. The smallest absolute Gasteiger partial charge is 0.273 e. The van der Waals surface area contributed by atoms with E-state index in [1.807, 2.05) is 47.0 Å². The summed E-state index contributed by atoms with van der Waals surface area (Å²) in [4.78, 5) is 28.9. The zero-order valence-electron chi connectivity index (χ0n) is 16.2. The predicted octanol–water partition coefficient (Wildman–Crippen LogP) is 2.64. The lowest BCUT2D eigenvalue weighted by atomic mass is 9.99. The molecule has 146 valence electrons. The highest BCUT2D eigenvalue weighted by Gasteiger charge is 2.41. The number of pyridine rings is 2. The zero-order chi connectivity index (χ0) is 19.5. The average Bonchev–Trinajstić information content (AvgIpc) is 3.44. The first-order valence-corrected chi connectivity index (χ1v) is 10.1. The standard InChI is InChI=1S/C22H21N5O2/c1-13-17-6-23-7-19(17)18(8-24-13)14-2-5-21-25-9-20(26(21)10-14)22(28)27-15-3-4-16(27)12-29-11-15/h2,5,7-10,15-16H,3-4,6,11-12H2,1H3. The Morgan fingerprint density at radius 3 is 2.79 bits per heavy atom. The van der Waals surface area contributed by atoms with Crippen LogP contribution in [0.3, 0.4) is 0 Å². The molecule has 0 spiro atoms. The maximum atomic E-state index is 13.4. The summed E-state index contributed by atoms with van der Waals surface area (Å²) in [5.74, 6) is 0.0410. The summed E-state index contributed by atoms with van der Waals surface area (Å²) in [5.41, 5.74) is 6.72. The van der Waals surface area contributed by atoms with Gasteiger partial charge in [0.2, 0.25) is 0 Å². The van der Waals surface area contributed by atoms with Crippen LogP contribution >= 0.6 is 0 Å². The van der Waals surface area contributed by atoms with E-state index in [0.29, 0.717) is 25.5 Å². The highest BCUT2D eigenvalue weighted by molar-refractivity contribution is 5.96. The molecule has 0 N–H and O–H groups in total. The zero-order valence-corrected chi connectivity index (χ0v) is 16.2. The third-order valence-corrected chi connectivity index (χ3v) is 6.42. The third-order valence-electron chi connectivity index (χ3n) is 6.42. The van der Waals surface area contributed by atoms with Gasteiger partial charge >= 0.3 is 0 Å². The molecule has 6 heterocycles. The molecule has 2 unspecified atom stereocenters. The SMILES string of the molecule is Cc1ncc(-c2ccc3ncc(C(=O)N4C5CCC4COC5)n3c2)c2c1CN=C2. The number of amides is 1. The quantitative estimate of drug-likeness (QED) is 0.678. The molecule has 6 rings (SSSR count). The number of rotatable bonds is 2. The number of carbonyl (C=O) groups excluding carboxylic acids is 1. The molecule has 2 bridgehead atoms. The van der Waals surface area contributed by atoms with Gasteiger partial charge in [-0.25, -0.2) is 4.98 Å². The molecule has 0 radical (unpaired) electrons. The van der Waals surface area contributed by atoms with Crippen LogP contribution in [0.15, 0.2) is 35.7 Å². The van der Waals surface area contributed by atoms with Crippen molar-refractivity contribution in [3.63, 3.8) is 0 Å². The highest BCUT2D eigenvalue weighted by Crippen LogP contribution is 2.32. The van der Waals surface area contributed by atoms with Gasteiger partial charge in [-0.15, -0.1) is 0 Å². The number of hydrogen-bond acceptors (Lipinski definition) is 5. The molecule has 1 amide bonds. The van der Waals surface area contributed by atoms with E-state index in [2.05, 4.69) is 15.0 Å². The average molecular weight is 387 g/mol. The molecule has 3 aromatic rings. The molecule has 7 nitrogen and oxygen atoms in total. The Morgan fingerprint density at radius 1 is 1.14 bits per heavy atom. The molecule has 7 heteroatoms. The number of fused-ring (bicyclic) bond motifs is 4. The minimum atomic E-state index is 0.0410. The summed E-state index contributed by atoms with van der Waals surface area (Å²) in [7, 11) is 0. The van der Waals surface area contributed by atoms with Gasteiger partial charge in [0.15, 0.2) is 0 Å². The van der Waals surface area contributed by atoms with Crippen molar-refractivity contribution in [2.45, 2.75) is 38.4 Å². The fourth-order valence-corrected chi connectivity index (χ4v) is 4.86. The van der Waals surface area contributed by atoms with Crippen LogP contribution in [0, 0.1) is 6.92 Å². The maximum absolute atomic E-state index is 13.4. The number of morpholine rings is 1. The lowest BCUT2D eigenvalue weighted by molar-refractivity contribution is -0.00751. The Labute approximate surface area is 168 Å². The van der Waals surface area contributed by atoms with Crippen LogP contribution in [-0.4, -0.2) is 56.7 Å². The number of nitrogens with zero attached hydrogens (tertiary/aromatic N) is 5. The Hall–Kier alpha value is -3.06. The van der Waals surface area contributed by atoms with Crippen molar-refractivity contribution in [3.8, 4) is 11.1 Å². The van der Waals surface area contributed by atoms with Gasteiger partial charge in [-0.2, -0.15) is 0 Å². The Bertz CT molecular complexity index is 1170. The van der Waals surface area contributed by atoms with E-state index in [1.165, 1.54) is 5.56 Å². The Morgan fingerprint density at radius 2 is 1.97 bits per heavy atom. The van der Waals surface area contributed by atoms with Crippen molar-refractivity contribution in [2.24, 2.45) is 4.99 Å². The van der Waals surface area contributed by atoms with Crippen LogP contribution in [0.5, 0.6) is 0 Å². The van der Waals surface area contributed by atoms with E-state index >= 15 is 0 Å². The van der Waals surface area contributed by atoms with Crippen LogP contribution in [0.2, 0.25) is 0 Å². The van der Waals surface area contributed by atoms with Crippen molar-refractivity contribution in [1.82, 2.24) is 19.3 Å². The van der Waals surface area contributed by atoms with Gasteiger partial charge in [-0.1, -0.05) is 0 Å². The molecule has 0 saturated carbocycles. The van der Waals surface area contributed by atoms with Gasteiger partial charge in [0.1, 0.15) is 11.3 Å². The first-order valence-electron chi connectivity index (χ1n) is 10.1. The molecule has 2 atom stereocenters. The second kappa shape index (κ2) is 6.22. The molecule has 29 heavy (non-hydrogen) atoms. The van der Waals surface area contributed by atoms with Crippen LogP contribution in [0.25, 0.3) is 16.8 Å². The van der Waals surface area contributed by atoms with Gasteiger partial charge < -0.3 is 9.64 Å². The largest absolute Gasteiger partial charge is 0.377 e. The number of aryl methyl sites for hydroxylation is 1. The van der Waals surface area contributed by atoms with E-state index in [-0.39, 0.29) is 18.0 Å². The van der Waals surface area contributed by atoms with E-state index in [9.17, 15) is 4.79 Å². The monoisotopic (exact) mass is 387 g/mol. The van der Waals surface area contributed by atoms with Crippen molar-refractivity contribution in [3.05, 3.63) is 53.2 Å². The van der Waals surface area contributed by atoms with Crippen molar-refractivity contribution in [2.75, 3.05) is 13.2 Å². The molecule has 2 fully saturated rings. The lowest BCUT2D eigenvalue weighted by Crippen LogP contribution is -2.49. The molecule has 3 aromatic heterocycles. The Balaban J connectivity index is 1.44. The Kier molecular flexibility index (Phi) is 3.61. The molecule has 3 aliphatic heterocycles. The van der Waals surface area contributed by atoms with Gasteiger partial charge in [0.25, 0.3) is 5.91 Å². The van der Waals surface area contributed by atoms with E-state index in [0.717, 1.165) is 40.9 Å². The molecule has 3 aliphatic rings. The third kappa shape index (κ3) is 2.47. The van der Waals surface area contributed by atoms with Gasteiger partial charge in [0, 0.05) is 46.6 Å². The van der Waals surface area contributed by atoms with Crippen LogP contribution in [0.1, 0.15) is 40.2 Å². The summed E-state index contributed by atoms with van der Waals surface area (Å²) >= 11 is 0. The normalized spacial score (nSPS) is 22.4. The highest BCUT2D eigenvalue weighted by atomic mass is 16.5. The minimum Gasteiger partial charge on any atom is -0.377 e. The van der Waals surface area contributed by atoms with Crippen molar-refractivity contribution < 1.29 is 9.53 Å². The predicted molar refractivity (Wildman–Crippen MR) is 108 cm³/mol. The number of aliphatic imine (C=N–C) groups is 1. The summed E-state index contributed by atoms with van der Waals surface area (Å²) in [6.07, 6.45) is 9.53. The molecular weight excluding hydrogens is 366 g/mol. The summed E-state index contributed by atoms with van der Waals surface area (Å²) < 4.78 is 7.54. The van der Waals surface area contributed by atoms with Crippen molar-refractivity contribution in [1.29, 1.82) is 0 Å². The first-order chi connectivity index (χ1) is 14.2.